The average molecular weight is 244 g/mol. The minimum atomic E-state index is 0.272. The first-order valence-corrected chi connectivity index (χ1v) is 7.23. The maximum atomic E-state index is 12.6. The number of carbonyl (C=O) groups is 1. The molecule has 0 atom stereocenters. The van der Waals surface area contributed by atoms with E-state index >= 15 is 0 Å². The SMILES string of the molecule is CCC1CCC(C(=O)c2cc(C)ccc2C)CC1. The molecule has 1 saturated carbocycles. The number of ketones is 1. The van der Waals surface area contributed by atoms with Crippen molar-refractivity contribution in [2.24, 2.45) is 11.8 Å². The lowest BCUT2D eigenvalue weighted by molar-refractivity contribution is 0.0870. The van der Waals surface area contributed by atoms with E-state index in [2.05, 4.69) is 32.0 Å². The van der Waals surface area contributed by atoms with E-state index in [9.17, 15) is 4.79 Å². The number of hydrogen-bond acceptors (Lipinski definition) is 1. The monoisotopic (exact) mass is 244 g/mol. The van der Waals surface area contributed by atoms with Crippen molar-refractivity contribution in [2.45, 2.75) is 52.9 Å². The lowest BCUT2D eigenvalue weighted by Gasteiger charge is -2.27. The van der Waals surface area contributed by atoms with E-state index < -0.39 is 0 Å². The van der Waals surface area contributed by atoms with E-state index in [4.69, 9.17) is 0 Å². The van der Waals surface area contributed by atoms with Gasteiger partial charge in [-0.05, 0) is 57.1 Å². The molecule has 1 nitrogen and oxygen atoms in total. The zero-order chi connectivity index (χ0) is 13.1. The second-order valence-electron chi connectivity index (χ2n) is 5.81. The van der Waals surface area contributed by atoms with Gasteiger partial charge in [-0.2, -0.15) is 0 Å². The van der Waals surface area contributed by atoms with Gasteiger partial charge in [0.05, 0.1) is 0 Å². The molecule has 0 aliphatic heterocycles. The maximum Gasteiger partial charge on any atom is 0.166 e. The number of carbonyl (C=O) groups excluding carboxylic acids is 1. The van der Waals surface area contributed by atoms with Crippen LogP contribution in [0.4, 0.5) is 0 Å². The molecule has 0 saturated heterocycles. The predicted octanol–water partition coefficient (Wildman–Crippen LogP) is 4.70. The zero-order valence-corrected chi connectivity index (χ0v) is 11.8. The molecule has 0 unspecified atom stereocenters. The van der Waals surface area contributed by atoms with Crippen molar-refractivity contribution in [1.29, 1.82) is 0 Å². The van der Waals surface area contributed by atoms with E-state index in [-0.39, 0.29) is 5.92 Å². The Morgan fingerprint density at radius 1 is 1.17 bits per heavy atom. The van der Waals surface area contributed by atoms with Crippen LogP contribution in [-0.2, 0) is 0 Å². The Morgan fingerprint density at radius 2 is 1.83 bits per heavy atom. The largest absolute Gasteiger partial charge is 0.294 e. The number of hydrogen-bond donors (Lipinski definition) is 0. The molecule has 0 N–H and O–H groups in total. The average Bonchev–Trinajstić information content (AvgIpc) is 2.41. The Bertz CT molecular complexity index is 425. The number of rotatable bonds is 3. The van der Waals surface area contributed by atoms with E-state index in [1.54, 1.807) is 0 Å². The highest BCUT2D eigenvalue weighted by atomic mass is 16.1. The topological polar surface area (TPSA) is 17.1 Å². The van der Waals surface area contributed by atoms with Crippen LogP contribution in [0.1, 0.15) is 60.5 Å². The van der Waals surface area contributed by atoms with Crippen LogP contribution in [0, 0.1) is 25.7 Å². The van der Waals surface area contributed by atoms with Crippen LogP contribution >= 0.6 is 0 Å². The van der Waals surface area contributed by atoms with E-state index in [1.165, 1.54) is 24.8 Å². The first-order chi connectivity index (χ1) is 8.61. The van der Waals surface area contributed by atoms with Gasteiger partial charge >= 0.3 is 0 Å². The summed E-state index contributed by atoms with van der Waals surface area (Å²) >= 11 is 0. The Kier molecular flexibility index (Phi) is 4.21. The van der Waals surface area contributed by atoms with Crippen molar-refractivity contribution in [3.05, 3.63) is 34.9 Å². The molecule has 0 spiro atoms. The molecule has 2 rings (SSSR count). The van der Waals surface area contributed by atoms with Gasteiger partial charge in [-0.15, -0.1) is 0 Å². The fourth-order valence-electron chi connectivity index (χ4n) is 3.05. The first kappa shape index (κ1) is 13.3. The third kappa shape index (κ3) is 2.82. The summed E-state index contributed by atoms with van der Waals surface area (Å²) in [6.07, 6.45) is 5.91. The van der Waals surface area contributed by atoms with Crippen LogP contribution in [0.3, 0.4) is 0 Å². The molecule has 18 heavy (non-hydrogen) atoms. The van der Waals surface area contributed by atoms with E-state index in [1.807, 2.05) is 6.92 Å². The molecule has 1 heteroatoms. The van der Waals surface area contributed by atoms with Gasteiger partial charge in [-0.3, -0.25) is 4.79 Å². The van der Waals surface area contributed by atoms with Gasteiger partial charge in [0.15, 0.2) is 5.78 Å². The second-order valence-corrected chi connectivity index (χ2v) is 5.81. The molecule has 1 aliphatic rings. The summed E-state index contributed by atoms with van der Waals surface area (Å²) < 4.78 is 0. The van der Waals surface area contributed by atoms with Gasteiger partial charge in [0, 0.05) is 11.5 Å². The molecule has 0 bridgehead atoms. The molecule has 1 aromatic rings. The summed E-state index contributed by atoms with van der Waals surface area (Å²) in [5.74, 6) is 1.51. The van der Waals surface area contributed by atoms with Gasteiger partial charge in [-0.1, -0.05) is 31.0 Å². The second kappa shape index (κ2) is 5.69. The molecule has 1 fully saturated rings. The lowest BCUT2D eigenvalue weighted by Crippen LogP contribution is -2.22. The maximum absolute atomic E-state index is 12.6. The number of Topliss-reactive ketones (excluding diaryl/α,β-unsaturated/α-hetero) is 1. The third-order valence-electron chi connectivity index (χ3n) is 4.45. The highest BCUT2D eigenvalue weighted by molar-refractivity contribution is 5.99. The fraction of sp³-hybridized carbons (Fsp3) is 0.588. The first-order valence-electron chi connectivity index (χ1n) is 7.23. The summed E-state index contributed by atoms with van der Waals surface area (Å²) in [5.41, 5.74) is 3.27. The molecule has 1 aliphatic carbocycles. The molecule has 0 amide bonds. The third-order valence-corrected chi connectivity index (χ3v) is 4.45. The molecule has 1 aromatic carbocycles. The van der Waals surface area contributed by atoms with Crippen molar-refractivity contribution in [2.75, 3.05) is 0 Å². The fourth-order valence-corrected chi connectivity index (χ4v) is 3.05. The summed E-state index contributed by atoms with van der Waals surface area (Å²) in [5, 5.41) is 0. The van der Waals surface area contributed by atoms with E-state index in [0.29, 0.717) is 5.78 Å². The van der Waals surface area contributed by atoms with Crippen molar-refractivity contribution < 1.29 is 4.79 Å². The highest BCUT2D eigenvalue weighted by Crippen LogP contribution is 2.33. The minimum Gasteiger partial charge on any atom is -0.294 e. The Morgan fingerprint density at radius 3 is 2.44 bits per heavy atom. The van der Waals surface area contributed by atoms with Gasteiger partial charge in [0.2, 0.25) is 0 Å². The van der Waals surface area contributed by atoms with Crippen LogP contribution in [-0.4, -0.2) is 5.78 Å². The number of aryl methyl sites for hydroxylation is 2. The van der Waals surface area contributed by atoms with E-state index in [0.717, 1.165) is 29.9 Å². The number of benzene rings is 1. The molecule has 0 radical (unpaired) electrons. The predicted molar refractivity (Wildman–Crippen MR) is 76.0 cm³/mol. The van der Waals surface area contributed by atoms with Crippen LogP contribution in [0.25, 0.3) is 0 Å². The van der Waals surface area contributed by atoms with Crippen LogP contribution in [0.2, 0.25) is 0 Å². The van der Waals surface area contributed by atoms with Crippen molar-refractivity contribution >= 4 is 5.78 Å². The summed E-state index contributed by atoms with van der Waals surface area (Å²) in [6.45, 7) is 6.37. The summed E-state index contributed by atoms with van der Waals surface area (Å²) in [7, 11) is 0. The Balaban J connectivity index is 2.10. The van der Waals surface area contributed by atoms with Crippen LogP contribution in [0.15, 0.2) is 18.2 Å². The Hall–Kier alpha value is -1.11. The quantitative estimate of drug-likeness (QED) is 0.704. The highest BCUT2D eigenvalue weighted by Gasteiger charge is 2.26. The zero-order valence-electron chi connectivity index (χ0n) is 11.8. The normalized spacial score (nSPS) is 23.9. The Labute approximate surface area is 111 Å². The molecular weight excluding hydrogens is 220 g/mol. The lowest BCUT2D eigenvalue weighted by atomic mass is 9.77. The van der Waals surface area contributed by atoms with Gasteiger partial charge in [0.25, 0.3) is 0 Å². The van der Waals surface area contributed by atoms with Crippen LogP contribution in [0.5, 0.6) is 0 Å². The molecule has 0 heterocycles. The smallest absolute Gasteiger partial charge is 0.166 e. The molecule has 98 valence electrons. The summed E-state index contributed by atoms with van der Waals surface area (Å²) in [4.78, 5) is 12.6. The van der Waals surface area contributed by atoms with Gasteiger partial charge in [0.1, 0.15) is 0 Å². The van der Waals surface area contributed by atoms with Gasteiger partial charge < -0.3 is 0 Å². The molecular formula is C17H24O. The van der Waals surface area contributed by atoms with Gasteiger partial charge in [-0.25, -0.2) is 0 Å². The molecule has 0 aromatic heterocycles. The van der Waals surface area contributed by atoms with Crippen molar-refractivity contribution in [3.63, 3.8) is 0 Å². The van der Waals surface area contributed by atoms with Crippen molar-refractivity contribution in [1.82, 2.24) is 0 Å². The van der Waals surface area contributed by atoms with Crippen molar-refractivity contribution in [3.8, 4) is 0 Å². The van der Waals surface area contributed by atoms with Crippen LogP contribution < -0.4 is 0 Å². The summed E-state index contributed by atoms with van der Waals surface area (Å²) in [6, 6.07) is 6.21. The minimum absolute atomic E-state index is 0.272. The standard InChI is InChI=1S/C17H24O/c1-4-14-7-9-15(10-8-14)17(18)16-11-12(2)5-6-13(16)3/h5-6,11,14-15H,4,7-10H2,1-3H3.